The fourth-order valence-electron chi connectivity index (χ4n) is 2.33. The number of aromatic nitrogens is 1. The minimum atomic E-state index is -3.48. The SMILES string of the molecule is CCNc1cc(S(=O)(=O)N2CCN(CCO)CC2)ccn1. The summed E-state index contributed by atoms with van der Waals surface area (Å²) < 4.78 is 26.7. The van der Waals surface area contributed by atoms with E-state index in [9.17, 15) is 8.42 Å². The van der Waals surface area contributed by atoms with Crippen molar-refractivity contribution in [3.63, 3.8) is 0 Å². The molecule has 1 fully saturated rings. The van der Waals surface area contributed by atoms with Crippen LogP contribution in [0.2, 0.25) is 0 Å². The molecule has 1 aliphatic heterocycles. The van der Waals surface area contributed by atoms with Gasteiger partial charge in [-0.3, -0.25) is 4.90 Å². The fourth-order valence-corrected chi connectivity index (χ4v) is 3.77. The second kappa shape index (κ2) is 7.17. The van der Waals surface area contributed by atoms with Crippen LogP contribution in [0.3, 0.4) is 0 Å². The summed E-state index contributed by atoms with van der Waals surface area (Å²) in [5.74, 6) is 0.567. The summed E-state index contributed by atoms with van der Waals surface area (Å²) in [6.07, 6.45) is 1.51. The number of pyridine rings is 1. The molecular formula is C13H22N4O3S. The third-order valence-electron chi connectivity index (χ3n) is 3.47. The molecule has 1 saturated heterocycles. The Morgan fingerprint density at radius 2 is 2.05 bits per heavy atom. The van der Waals surface area contributed by atoms with Crippen molar-refractivity contribution in [2.24, 2.45) is 0 Å². The Morgan fingerprint density at radius 1 is 1.33 bits per heavy atom. The minimum Gasteiger partial charge on any atom is -0.395 e. The van der Waals surface area contributed by atoms with E-state index in [1.165, 1.54) is 16.6 Å². The Morgan fingerprint density at radius 3 is 2.67 bits per heavy atom. The number of hydrogen-bond acceptors (Lipinski definition) is 6. The summed E-state index contributed by atoms with van der Waals surface area (Å²) in [7, 11) is -3.48. The van der Waals surface area contributed by atoms with Crippen LogP contribution in [-0.2, 0) is 10.0 Å². The molecule has 2 heterocycles. The molecule has 0 spiro atoms. The normalized spacial score (nSPS) is 17.8. The molecule has 7 nitrogen and oxygen atoms in total. The van der Waals surface area contributed by atoms with Gasteiger partial charge in [0.15, 0.2) is 0 Å². The molecule has 0 aliphatic carbocycles. The van der Waals surface area contributed by atoms with Crippen molar-refractivity contribution in [2.75, 3.05) is 51.2 Å². The zero-order valence-electron chi connectivity index (χ0n) is 12.2. The van der Waals surface area contributed by atoms with E-state index in [1.54, 1.807) is 6.07 Å². The smallest absolute Gasteiger partial charge is 0.243 e. The molecule has 0 atom stereocenters. The van der Waals surface area contributed by atoms with Gasteiger partial charge in [0.2, 0.25) is 10.0 Å². The maximum atomic E-state index is 12.6. The van der Waals surface area contributed by atoms with Gasteiger partial charge in [0.25, 0.3) is 0 Å². The lowest BCUT2D eigenvalue weighted by Gasteiger charge is -2.33. The molecule has 0 aromatic carbocycles. The van der Waals surface area contributed by atoms with Gasteiger partial charge >= 0.3 is 0 Å². The molecule has 0 amide bonds. The Kier molecular flexibility index (Phi) is 5.51. The van der Waals surface area contributed by atoms with Gasteiger partial charge in [0, 0.05) is 51.5 Å². The first kappa shape index (κ1) is 16.2. The number of aliphatic hydroxyl groups excluding tert-OH is 1. The first-order valence-electron chi connectivity index (χ1n) is 7.11. The summed E-state index contributed by atoms with van der Waals surface area (Å²) in [6, 6.07) is 3.09. The van der Waals surface area contributed by atoms with E-state index >= 15 is 0 Å². The predicted octanol–water partition coefficient (Wildman–Crippen LogP) is -0.188. The van der Waals surface area contributed by atoms with Crippen LogP contribution in [0.25, 0.3) is 0 Å². The largest absolute Gasteiger partial charge is 0.395 e. The molecule has 8 heteroatoms. The van der Waals surface area contributed by atoms with Crippen LogP contribution < -0.4 is 5.32 Å². The number of piperazine rings is 1. The molecule has 2 N–H and O–H groups in total. The van der Waals surface area contributed by atoms with Crippen molar-refractivity contribution < 1.29 is 13.5 Å². The minimum absolute atomic E-state index is 0.100. The van der Waals surface area contributed by atoms with Crippen molar-refractivity contribution in [2.45, 2.75) is 11.8 Å². The number of aliphatic hydroxyl groups is 1. The van der Waals surface area contributed by atoms with Crippen LogP contribution in [0.5, 0.6) is 0 Å². The number of anilines is 1. The number of rotatable bonds is 6. The van der Waals surface area contributed by atoms with E-state index in [1.807, 2.05) is 6.92 Å². The van der Waals surface area contributed by atoms with Crippen LogP contribution >= 0.6 is 0 Å². The van der Waals surface area contributed by atoms with Gasteiger partial charge in [0.05, 0.1) is 11.5 Å². The van der Waals surface area contributed by atoms with Crippen molar-refractivity contribution in [3.05, 3.63) is 18.3 Å². The van der Waals surface area contributed by atoms with E-state index in [0.717, 1.165) is 0 Å². The molecule has 1 aliphatic rings. The number of nitrogens with one attached hydrogen (secondary N) is 1. The average molecular weight is 314 g/mol. The second-order valence-corrected chi connectivity index (χ2v) is 6.81. The molecule has 0 saturated carbocycles. The van der Waals surface area contributed by atoms with Crippen LogP contribution in [0.4, 0.5) is 5.82 Å². The maximum Gasteiger partial charge on any atom is 0.243 e. The molecule has 1 aromatic rings. The monoisotopic (exact) mass is 314 g/mol. The van der Waals surface area contributed by atoms with Gasteiger partial charge in [-0.2, -0.15) is 4.31 Å². The van der Waals surface area contributed by atoms with Gasteiger partial charge < -0.3 is 10.4 Å². The molecule has 1 aromatic heterocycles. The lowest BCUT2D eigenvalue weighted by molar-refractivity contribution is 0.151. The van der Waals surface area contributed by atoms with E-state index in [-0.39, 0.29) is 11.5 Å². The second-order valence-electron chi connectivity index (χ2n) is 4.88. The van der Waals surface area contributed by atoms with Crippen LogP contribution in [0.15, 0.2) is 23.2 Å². The number of nitrogens with zero attached hydrogens (tertiary/aromatic N) is 3. The highest BCUT2D eigenvalue weighted by Crippen LogP contribution is 2.19. The van der Waals surface area contributed by atoms with Crippen LogP contribution in [-0.4, -0.2) is 73.6 Å². The van der Waals surface area contributed by atoms with Crippen LogP contribution in [0.1, 0.15) is 6.92 Å². The summed E-state index contributed by atoms with van der Waals surface area (Å²) in [6.45, 7) is 5.49. The van der Waals surface area contributed by atoms with E-state index < -0.39 is 10.0 Å². The molecule has 0 radical (unpaired) electrons. The van der Waals surface area contributed by atoms with E-state index in [2.05, 4.69) is 15.2 Å². The van der Waals surface area contributed by atoms with Crippen LogP contribution in [0, 0.1) is 0 Å². The van der Waals surface area contributed by atoms with Crippen molar-refractivity contribution in [1.29, 1.82) is 0 Å². The van der Waals surface area contributed by atoms with Gasteiger partial charge in [-0.1, -0.05) is 0 Å². The Hall–Kier alpha value is -1.22. The Balaban J connectivity index is 2.10. The quantitative estimate of drug-likeness (QED) is 0.757. The number of hydrogen-bond donors (Lipinski definition) is 2. The molecule has 0 bridgehead atoms. The maximum absolute atomic E-state index is 12.6. The van der Waals surface area contributed by atoms with Gasteiger partial charge in [-0.15, -0.1) is 0 Å². The van der Waals surface area contributed by atoms with Crippen molar-refractivity contribution >= 4 is 15.8 Å². The molecule has 21 heavy (non-hydrogen) atoms. The summed E-state index contributed by atoms with van der Waals surface area (Å²) in [4.78, 5) is 6.42. The molecular weight excluding hydrogens is 292 g/mol. The highest BCUT2D eigenvalue weighted by Gasteiger charge is 2.28. The number of β-amino-alcohol motifs (C(OH)–C–C–N with tert-alkyl or cyclic N) is 1. The third-order valence-corrected chi connectivity index (χ3v) is 5.37. The van der Waals surface area contributed by atoms with Gasteiger partial charge in [-0.05, 0) is 13.0 Å². The van der Waals surface area contributed by atoms with E-state index in [4.69, 9.17) is 5.11 Å². The summed E-state index contributed by atoms with van der Waals surface area (Å²) >= 11 is 0. The highest BCUT2D eigenvalue weighted by atomic mass is 32.2. The number of sulfonamides is 1. The van der Waals surface area contributed by atoms with Gasteiger partial charge in [0.1, 0.15) is 5.82 Å². The topological polar surface area (TPSA) is 85.8 Å². The zero-order chi connectivity index (χ0) is 15.3. The molecule has 0 unspecified atom stereocenters. The van der Waals surface area contributed by atoms with Crippen molar-refractivity contribution in [3.8, 4) is 0 Å². The predicted molar refractivity (Wildman–Crippen MR) is 80.7 cm³/mol. The Bertz CT molecular complexity index is 556. The lowest BCUT2D eigenvalue weighted by Crippen LogP contribution is -2.49. The average Bonchev–Trinajstić information content (AvgIpc) is 2.49. The zero-order valence-corrected chi connectivity index (χ0v) is 13.0. The third kappa shape index (κ3) is 3.91. The molecule has 2 rings (SSSR count). The first-order valence-corrected chi connectivity index (χ1v) is 8.55. The first-order chi connectivity index (χ1) is 10.1. The highest BCUT2D eigenvalue weighted by molar-refractivity contribution is 7.89. The Labute approximate surface area is 125 Å². The van der Waals surface area contributed by atoms with E-state index in [0.29, 0.717) is 45.1 Å². The summed E-state index contributed by atoms with van der Waals surface area (Å²) in [5, 5.41) is 11.9. The summed E-state index contributed by atoms with van der Waals surface area (Å²) in [5.41, 5.74) is 0. The molecule has 118 valence electrons. The van der Waals surface area contributed by atoms with Gasteiger partial charge in [-0.25, -0.2) is 13.4 Å². The fraction of sp³-hybridized carbons (Fsp3) is 0.615. The standard InChI is InChI=1S/C13H22N4O3S/c1-2-14-13-11-12(3-4-15-13)21(19,20)17-7-5-16(6-8-17)9-10-18/h3-4,11,18H,2,5-10H2,1H3,(H,14,15). The van der Waals surface area contributed by atoms with Crippen molar-refractivity contribution in [1.82, 2.24) is 14.2 Å². The lowest BCUT2D eigenvalue weighted by atomic mass is 10.4.